The predicted molar refractivity (Wildman–Crippen MR) is 82.2 cm³/mol. The van der Waals surface area contributed by atoms with Gasteiger partial charge in [-0.2, -0.15) is 0 Å². The molecule has 1 saturated carbocycles. The van der Waals surface area contributed by atoms with Crippen LogP contribution in [0.1, 0.15) is 60.0 Å². The second-order valence-corrected chi connectivity index (χ2v) is 7.06. The molecule has 2 atom stereocenters. The van der Waals surface area contributed by atoms with E-state index in [1.54, 1.807) is 0 Å². The molecule has 20 heavy (non-hydrogen) atoms. The van der Waals surface area contributed by atoms with Crippen LogP contribution in [0.5, 0.6) is 0 Å². The second-order valence-electron chi connectivity index (χ2n) is 5.77. The van der Waals surface area contributed by atoms with Gasteiger partial charge in [-0.15, -0.1) is 11.3 Å². The van der Waals surface area contributed by atoms with E-state index >= 15 is 0 Å². The minimum Gasteiger partial charge on any atom is -0.353 e. The highest BCUT2D eigenvalue weighted by molar-refractivity contribution is 7.14. The van der Waals surface area contributed by atoms with E-state index < -0.39 is 0 Å². The fourth-order valence-corrected chi connectivity index (χ4v) is 3.58. The first-order chi connectivity index (χ1) is 9.56. The highest BCUT2D eigenvalue weighted by Crippen LogP contribution is 2.24. The number of Topliss-reactive ketones (excluding diaryl/α,β-unsaturated/α-hetero) is 1. The van der Waals surface area contributed by atoms with Crippen LogP contribution >= 0.6 is 11.3 Å². The molecule has 1 aliphatic carbocycles. The normalized spacial score (nSPS) is 22.5. The van der Waals surface area contributed by atoms with Crippen LogP contribution in [0.3, 0.4) is 0 Å². The Morgan fingerprint density at radius 3 is 2.65 bits per heavy atom. The topological polar surface area (TPSA) is 46.2 Å². The molecule has 0 aromatic carbocycles. The van der Waals surface area contributed by atoms with Crippen LogP contribution in [-0.4, -0.2) is 17.7 Å². The Labute approximate surface area is 124 Å². The van der Waals surface area contributed by atoms with Gasteiger partial charge in [0, 0.05) is 23.8 Å². The molecule has 1 heterocycles. The molecule has 0 saturated heterocycles. The molecule has 4 heteroatoms. The van der Waals surface area contributed by atoms with Gasteiger partial charge in [0.25, 0.3) is 0 Å². The van der Waals surface area contributed by atoms with E-state index in [9.17, 15) is 9.59 Å². The maximum Gasteiger partial charge on any atom is 0.220 e. The summed E-state index contributed by atoms with van der Waals surface area (Å²) in [5, 5.41) is 3.09. The average Bonchev–Trinajstić information content (AvgIpc) is 2.85. The second kappa shape index (κ2) is 7.02. The fraction of sp³-hybridized carbons (Fsp3) is 0.625. The van der Waals surface area contributed by atoms with E-state index in [4.69, 9.17) is 0 Å². The molecule has 2 rings (SSSR count). The number of hydrogen-bond donors (Lipinski definition) is 1. The standard InChI is InChI=1S/C16H23NO2S/c1-11-5-3-4-6-13(11)17-16(19)10-8-14(18)15-9-7-12(2)20-15/h7,9,11,13H,3-6,8,10H2,1-2H3,(H,17,19). The van der Waals surface area contributed by atoms with Gasteiger partial charge in [0.2, 0.25) is 5.91 Å². The van der Waals surface area contributed by atoms with Gasteiger partial charge in [0.15, 0.2) is 5.78 Å². The third kappa shape index (κ3) is 4.17. The summed E-state index contributed by atoms with van der Waals surface area (Å²) in [5.41, 5.74) is 0. The van der Waals surface area contributed by atoms with Gasteiger partial charge in [-0.3, -0.25) is 9.59 Å². The van der Waals surface area contributed by atoms with E-state index in [-0.39, 0.29) is 11.7 Å². The molecule has 1 amide bonds. The number of hydrogen-bond acceptors (Lipinski definition) is 3. The van der Waals surface area contributed by atoms with Crippen LogP contribution in [0.2, 0.25) is 0 Å². The Hall–Kier alpha value is -1.16. The van der Waals surface area contributed by atoms with Crippen molar-refractivity contribution in [2.24, 2.45) is 5.92 Å². The zero-order valence-corrected chi connectivity index (χ0v) is 13.1. The number of carbonyl (C=O) groups is 2. The van der Waals surface area contributed by atoms with Gasteiger partial charge >= 0.3 is 0 Å². The Bertz CT molecular complexity index is 481. The number of aryl methyl sites for hydroxylation is 1. The third-order valence-electron chi connectivity index (χ3n) is 4.05. The largest absolute Gasteiger partial charge is 0.353 e. The first-order valence-corrected chi connectivity index (χ1v) is 8.27. The predicted octanol–water partition coefficient (Wildman–Crippen LogP) is 3.71. The zero-order chi connectivity index (χ0) is 14.5. The third-order valence-corrected chi connectivity index (χ3v) is 5.09. The van der Waals surface area contributed by atoms with Crippen molar-refractivity contribution in [3.63, 3.8) is 0 Å². The van der Waals surface area contributed by atoms with Crippen molar-refractivity contribution in [1.29, 1.82) is 0 Å². The van der Waals surface area contributed by atoms with Crippen molar-refractivity contribution in [2.45, 2.75) is 58.4 Å². The molecule has 0 spiro atoms. The van der Waals surface area contributed by atoms with Crippen LogP contribution in [0.25, 0.3) is 0 Å². The summed E-state index contributed by atoms with van der Waals surface area (Å²) >= 11 is 1.50. The molecule has 1 aromatic rings. The number of carbonyl (C=O) groups excluding carboxylic acids is 2. The van der Waals surface area contributed by atoms with Crippen molar-refractivity contribution in [2.75, 3.05) is 0 Å². The number of thiophene rings is 1. The maximum atomic E-state index is 11.9. The van der Waals surface area contributed by atoms with Crippen LogP contribution in [0.15, 0.2) is 12.1 Å². The Balaban J connectivity index is 1.76. The SMILES string of the molecule is Cc1ccc(C(=O)CCC(=O)NC2CCCCC2C)s1. The molecule has 3 nitrogen and oxygen atoms in total. The first kappa shape index (κ1) is 15.2. The van der Waals surface area contributed by atoms with Crippen LogP contribution in [0, 0.1) is 12.8 Å². The summed E-state index contributed by atoms with van der Waals surface area (Å²) in [6, 6.07) is 4.10. The highest BCUT2D eigenvalue weighted by Gasteiger charge is 2.22. The van der Waals surface area contributed by atoms with Gasteiger partial charge < -0.3 is 5.32 Å². The molecular weight excluding hydrogens is 270 g/mol. The summed E-state index contributed by atoms with van der Waals surface area (Å²) in [7, 11) is 0. The van der Waals surface area contributed by atoms with Crippen molar-refractivity contribution in [3.8, 4) is 0 Å². The molecular formula is C16H23NO2S. The van der Waals surface area contributed by atoms with Crippen molar-refractivity contribution in [3.05, 3.63) is 21.9 Å². The van der Waals surface area contributed by atoms with E-state index in [1.165, 1.54) is 30.6 Å². The zero-order valence-electron chi connectivity index (χ0n) is 12.3. The van der Waals surface area contributed by atoms with Crippen molar-refractivity contribution >= 4 is 23.0 Å². The molecule has 1 aliphatic rings. The molecule has 0 bridgehead atoms. The quantitative estimate of drug-likeness (QED) is 0.841. The number of amides is 1. The van der Waals surface area contributed by atoms with Gasteiger partial charge in [-0.05, 0) is 37.8 Å². The monoisotopic (exact) mass is 293 g/mol. The molecule has 0 radical (unpaired) electrons. The van der Waals surface area contributed by atoms with Gasteiger partial charge in [0.05, 0.1) is 4.88 Å². The lowest BCUT2D eigenvalue weighted by molar-refractivity contribution is -0.122. The fourth-order valence-electron chi connectivity index (χ4n) is 2.74. The lowest BCUT2D eigenvalue weighted by atomic mass is 9.86. The van der Waals surface area contributed by atoms with E-state index in [0.29, 0.717) is 24.8 Å². The van der Waals surface area contributed by atoms with E-state index in [1.807, 2.05) is 19.1 Å². The average molecular weight is 293 g/mol. The van der Waals surface area contributed by atoms with Crippen molar-refractivity contribution in [1.82, 2.24) is 5.32 Å². The molecule has 1 N–H and O–H groups in total. The summed E-state index contributed by atoms with van der Waals surface area (Å²) < 4.78 is 0. The number of nitrogens with one attached hydrogen (secondary N) is 1. The van der Waals surface area contributed by atoms with Gasteiger partial charge in [0.1, 0.15) is 0 Å². The molecule has 110 valence electrons. The number of ketones is 1. The summed E-state index contributed by atoms with van der Waals surface area (Å²) in [6.07, 6.45) is 5.35. The molecule has 2 unspecified atom stereocenters. The minimum absolute atomic E-state index is 0.0189. The molecule has 1 aromatic heterocycles. The first-order valence-electron chi connectivity index (χ1n) is 7.45. The summed E-state index contributed by atoms with van der Waals surface area (Å²) in [6.45, 7) is 4.18. The number of rotatable bonds is 5. The Morgan fingerprint density at radius 2 is 2.00 bits per heavy atom. The Morgan fingerprint density at radius 1 is 1.25 bits per heavy atom. The highest BCUT2D eigenvalue weighted by atomic mass is 32.1. The summed E-state index contributed by atoms with van der Waals surface area (Å²) in [5.74, 6) is 0.656. The Kier molecular flexibility index (Phi) is 5.35. The summed E-state index contributed by atoms with van der Waals surface area (Å²) in [4.78, 5) is 25.8. The van der Waals surface area contributed by atoms with Gasteiger partial charge in [-0.25, -0.2) is 0 Å². The smallest absolute Gasteiger partial charge is 0.220 e. The van der Waals surface area contributed by atoms with Crippen LogP contribution in [0.4, 0.5) is 0 Å². The van der Waals surface area contributed by atoms with Gasteiger partial charge in [-0.1, -0.05) is 19.8 Å². The molecule has 1 fully saturated rings. The minimum atomic E-state index is 0.0189. The van der Waals surface area contributed by atoms with E-state index in [2.05, 4.69) is 12.2 Å². The lowest BCUT2D eigenvalue weighted by Gasteiger charge is -2.29. The van der Waals surface area contributed by atoms with Crippen LogP contribution in [-0.2, 0) is 4.79 Å². The maximum absolute atomic E-state index is 11.9. The van der Waals surface area contributed by atoms with Crippen LogP contribution < -0.4 is 5.32 Å². The lowest BCUT2D eigenvalue weighted by Crippen LogP contribution is -2.41. The van der Waals surface area contributed by atoms with Crippen molar-refractivity contribution < 1.29 is 9.59 Å². The van der Waals surface area contributed by atoms with E-state index in [0.717, 1.165) is 16.2 Å². The molecule has 0 aliphatic heterocycles.